The number of hydrogen-bond donors (Lipinski definition) is 2. The number of esters is 1. The number of fused-ring (bicyclic) bond motifs is 4. The summed E-state index contributed by atoms with van der Waals surface area (Å²) < 4.78 is 13.0. The number of phenols is 1. The monoisotopic (exact) mass is 621 g/mol. The molecule has 4 aliphatic carbocycles. The van der Waals surface area contributed by atoms with Gasteiger partial charge in [-0.05, 0) is 104 Å². The van der Waals surface area contributed by atoms with Gasteiger partial charge in [-0.15, -0.1) is 0 Å². The zero-order valence-corrected chi connectivity index (χ0v) is 28.8. The van der Waals surface area contributed by atoms with E-state index in [2.05, 4.69) is 39.9 Å². The molecule has 1 amide bonds. The molecule has 5 fully saturated rings. The summed E-state index contributed by atoms with van der Waals surface area (Å²) in [5.74, 6) is 4.36. The third kappa shape index (κ3) is 5.95. The SMILES string of the molecule is CCC(=O)N[C@@H](Cc1ccc(O)cc1)C(=O)O[C@H]1CC[C@]2(C)[C@H]3CC[C@]4(C)[C@@H]([C@H](C)CCCC(C)C)CC[C@H]4[C@@H]3C[C@@H]3OC32C1. The Morgan fingerprint density at radius 2 is 1.78 bits per heavy atom. The fourth-order valence-corrected chi connectivity index (χ4v) is 11.4. The van der Waals surface area contributed by atoms with Crippen molar-refractivity contribution in [3.8, 4) is 5.75 Å². The lowest BCUT2D eigenvalue weighted by atomic mass is 9.44. The molecule has 1 aromatic carbocycles. The molecule has 6 nitrogen and oxygen atoms in total. The summed E-state index contributed by atoms with van der Waals surface area (Å²) in [6, 6.07) is 6.04. The van der Waals surface area contributed by atoms with Crippen LogP contribution >= 0.6 is 0 Å². The van der Waals surface area contributed by atoms with Crippen molar-refractivity contribution in [1.29, 1.82) is 0 Å². The van der Waals surface area contributed by atoms with Gasteiger partial charge in [-0.25, -0.2) is 4.79 Å². The number of benzene rings is 1. The molecule has 2 N–H and O–H groups in total. The molecule has 11 atom stereocenters. The predicted molar refractivity (Wildman–Crippen MR) is 176 cm³/mol. The van der Waals surface area contributed by atoms with Crippen molar-refractivity contribution in [1.82, 2.24) is 5.32 Å². The summed E-state index contributed by atoms with van der Waals surface area (Å²) in [4.78, 5) is 25.9. The van der Waals surface area contributed by atoms with E-state index in [0.29, 0.717) is 24.2 Å². The fraction of sp³-hybridized carbons (Fsp3) is 0.795. The van der Waals surface area contributed by atoms with Crippen LogP contribution in [0.15, 0.2) is 24.3 Å². The largest absolute Gasteiger partial charge is 0.508 e. The van der Waals surface area contributed by atoms with Crippen molar-refractivity contribution < 1.29 is 24.2 Å². The Hall–Kier alpha value is -2.08. The number of amides is 1. The van der Waals surface area contributed by atoms with Crippen molar-refractivity contribution in [2.24, 2.45) is 46.3 Å². The average Bonchev–Trinajstić information content (AvgIpc) is 3.58. The van der Waals surface area contributed by atoms with Crippen LogP contribution in [0.4, 0.5) is 0 Å². The first-order chi connectivity index (χ1) is 21.4. The number of nitrogens with one attached hydrogen (secondary N) is 1. The van der Waals surface area contributed by atoms with Crippen LogP contribution in [0.3, 0.4) is 0 Å². The number of rotatable bonds is 11. The molecular formula is C39H59NO5. The highest BCUT2D eigenvalue weighted by molar-refractivity contribution is 5.84. The number of carbonyl (C=O) groups excluding carboxylic acids is 2. The summed E-state index contributed by atoms with van der Waals surface area (Å²) in [5.41, 5.74) is 1.29. The van der Waals surface area contributed by atoms with Crippen LogP contribution in [0, 0.1) is 46.3 Å². The molecule has 1 spiro atoms. The van der Waals surface area contributed by atoms with Crippen LogP contribution in [0.25, 0.3) is 0 Å². The van der Waals surface area contributed by atoms with E-state index >= 15 is 0 Å². The van der Waals surface area contributed by atoms with Gasteiger partial charge in [0, 0.05) is 24.7 Å². The molecule has 1 unspecified atom stereocenters. The van der Waals surface area contributed by atoms with Gasteiger partial charge in [-0.3, -0.25) is 4.79 Å². The molecule has 5 aliphatic rings. The lowest BCUT2D eigenvalue weighted by Crippen LogP contribution is -2.59. The van der Waals surface area contributed by atoms with Gasteiger partial charge in [-0.1, -0.05) is 72.9 Å². The maximum atomic E-state index is 13.5. The molecule has 250 valence electrons. The lowest BCUT2D eigenvalue weighted by Gasteiger charge is -2.59. The molecule has 1 heterocycles. The van der Waals surface area contributed by atoms with Crippen molar-refractivity contribution in [3.05, 3.63) is 29.8 Å². The molecule has 45 heavy (non-hydrogen) atoms. The zero-order chi connectivity index (χ0) is 32.1. The number of phenolic OH excluding ortho intramolecular Hbond substituents is 1. The van der Waals surface area contributed by atoms with Crippen LogP contribution in [-0.4, -0.2) is 40.8 Å². The molecule has 1 aromatic rings. The van der Waals surface area contributed by atoms with Crippen LogP contribution in [0.5, 0.6) is 5.75 Å². The Morgan fingerprint density at radius 1 is 1.02 bits per heavy atom. The van der Waals surface area contributed by atoms with Gasteiger partial charge < -0.3 is 19.9 Å². The normalized spacial score (nSPS) is 39.5. The Morgan fingerprint density at radius 3 is 2.49 bits per heavy atom. The molecule has 0 bridgehead atoms. The number of aromatic hydroxyl groups is 1. The summed E-state index contributed by atoms with van der Waals surface area (Å²) in [5, 5.41) is 12.6. The predicted octanol–water partition coefficient (Wildman–Crippen LogP) is 7.99. The molecular weight excluding hydrogens is 562 g/mol. The van der Waals surface area contributed by atoms with Crippen molar-refractivity contribution >= 4 is 11.9 Å². The van der Waals surface area contributed by atoms with E-state index in [4.69, 9.17) is 9.47 Å². The Balaban J connectivity index is 1.11. The first-order valence-electron chi connectivity index (χ1n) is 18.4. The summed E-state index contributed by atoms with van der Waals surface area (Å²) in [6.07, 6.45) is 14.1. The quantitative estimate of drug-likeness (QED) is 0.193. The molecule has 0 radical (unpaired) electrons. The maximum absolute atomic E-state index is 13.5. The number of hydrogen-bond acceptors (Lipinski definition) is 5. The molecule has 6 rings (SSSR count). The number of ether oxygens (including phenoxy) is 2. The third-order valence-corrected chi connectivity index (χ3v) is 13.8. The van der Waals surface area contributed by atoms with Crippen LogP contribution < -0.4 is 5.32 Å². The van der Waals surface area contributed by atoms with Crippen LogP contribution in [0.1, 0.15) is 124 Å². The molecule has 0 aromatic heterocycles. The highest BCUT2D eigenvalue weighted by Gasteiger charge is 2.76. The van der Waals surface area contributed by atoms with E-state index in [1.807, 2.05) is 0 Å². The van der Waals surface area contributed by atoms with E-state index in [9.17, 15) is 14.7 Å². The minimum absolute atomic E-state index is 0.133. The summed E-state index contributed by atoms with van der Waals surface area (Å²) in [7, 11) is 0. The standard InChI is InChI=1S/C39H59NO5/c1-7-35(42)40-33(21-26-11-13-27(41)14-12-26)36(43)44-28-17-20-38(6)32-18-19-37(5)30(25(4)10-8-9-24(2)3)15-16-31(37)29(32)22-34-39(38,23-28)45-34/h11-14,24-25,28-34,41H,7-10,15-23H2,1-6H3,(H,40,42)/t25-,28+,29+,30-,31+,32+,33+,34+,37-,38-,39?/m1/s1. The second-order valence-corrected chi connectivity index (χ2v) is 16.7. The van der Waals surface area contributed by atoms with Gasteiger partial charge in [0.15, 0.2) is 0 Å². The van der Waals surface area contributed by atoms with Gasteiger partial charge in [0.1, 0.15) is 23.5 Å². The first-order valence-corrected chi connectivity index (χ1v) is 18.4. The van der Waals surface area contributed by atoms with Crippen LogP contribution in [-0.2, 0) is 25.5 Å². The van der Waals surface area contributed by atoms with Crippen molar-refractivity contribution in [2.75, 3.05) is 0 Å². The van der Waals surface area contributed by atoms with Crippen molar-refractivity contribution in [2.45, 2.75) is 149 Å². The van der Waals surface area contributed by atoms with Gasteiger partial charge >= 0.3 is 5.97 Å². The van der Waals surface area contributed by atoms with Gasteiger partial charge in [0.2, 0.25) is 5.91 Å². The topological polar surface area (TPSA) is 88.2 Å². The van der Waals surface area contributed by atoms with Gasteiger partial charge in [0.25, 0.3) is 0 Å². The molecule has 4 saturated carbocycles. The van der Waals surface area contributed by atoms with E-state index in [-0.39, 0.29) is 40.8 Å². The van der Waals surface area contributed by atoms with E-state index in [0.717, 1.165) is 54.4 Å². The smallest absolute Gasteiger partial charge is 0.329 e. The van der Waals surface area contributed by atoms with E-state index < -0.39 is 6.04 Å². The minimum atomic E-state index is -0.751. The Bertz CT molecular complexity index is 1230. The second-order valence-electron chi connectivity index (χ2n) is 16.7. The highest BCUT2D eigenvalue weighted by Crippen LogP contribution is 2.74. The molecule has 1 aliphatic heterocycles. The third-order valence-electron chi connectivity index (χ3n) is 13.8. The fourth-order valence-electron chi connectivity index (χ4n) is 11.4. The minimum Gasteiger partial charge on any atom is -0.508 e. The second kappa shape index (κ2) is 12.5. The molecule has 1 saturated heterocycles. The van der Waals surface area contributed by atoms with Gasteiger partial charge in [0.05, 0.1) is 6.10 Å². The zero-order valence-electron chi connectivity index (χ0n) is 28.8. The number of epoxide rings is 1. The highest BCUT2D eigenvalue weighted by atomic mass is 16.6. The maximum Gasteiger partial charge on any atom is 0.329 e. The first kappa shape index (κ1) is 32.8. The number of carbonyl (C=O) groups is 2. The van der Waals surface area contributed by atoms with Gasteiger partial charge in [-0.2, -0.15) is 0 Å². The molecule has 6 heteroatoms. The summed E-state index contributed by atoms with van der Waals surface area (Å²) >= 11 is 0. The van der Waals surface area contributed by atoms with Crippen LogP contribution in [0.2, 0.25) is 0 Å². The van der Waals surface area contributed by atoms with Crippen molar-refractivity contribution in [3.63, 3.8) is 0 Å². The summed E-state index contributed by atoms with van der Waals surface area (Å²) in [6.45, 7) is 14.2. The van der Waals surface area contributed by atoms with E-state index in [1.54, 1.807) is 31.2 Å². The van der Waals surface area contributed by atoms with E-state index in [1.165, 1.54) is 51.4 Å². The Kier molecular flexibility index (Phi) is 9.13. The lowest BCUT2D eigenvalue weighted by molar-refractivity contribution is -0.163. The Labute approximate surface area is 271 Å². The average molecular weight is 622 g/mol.